The maximum absolute atomic E-state index is 13.6. The Bertz CT molecular complexity index is 876. The molecule has 0 radical (unpaired) electrons. The summed E-state index contributed by atoms with van der Waals surface area (Å²) in [6.45, 7) is 2.73. The highest BCUT2D eigenvalue weighted by Gasteiger charge is 2.36. The van der Waals surface area contributed by atoms with Gasteiger partial charge in [-0.25, -0.2) is 0 Å². The molecule has 0 saturated carbocycles. The van der Waals surface area contributed by atoms with Crippen molar-refractivity contribution in [2.24, 2.45) is 0 Å². The van der Waals surface area contributed by atoms with Gasteiger partial charge in [0.2, 0.25) is 0 Å². The first-order valence-corrected chi connectivity index (χ1v) is 7.39. The molecule has 0 fully saturated rings. The fraction of sp³-hybridized carbons (Fsp3) is 0.211. The van der Waals surface area contributed by atoms with Crippen molar-refractivity contribution in [2.45, 2.75) is 26.4 Å². The molecule has 0 saturated heterocycles. The molecule has 0 heterocycles. The maximum Gasteiger partial charge on any atom is 0.417 e. The van der Waals surface area contributed by atoms with Crippen LogP contribution in [0.5, 0.6) is 0 Å². The summed E-state index contributed by atoms with van der Waals surface area (Å²) in [6.07, 6.45) is -4.39. The minimum Gasteiger partial charge on any atom is -0.303 e. The molecule has 0 aromatic heterocycles. The summed E-state index contributed by atoms with van der Waals surface area (Å²) in [7, 11) is 0. The molecule has 0 spiro atoms. The zero-order valence-electron chi connectivity index (χ0n) is 13.6. The number of rotatable bonds is 4. The number of alkyl halides is 3. The monoisotopic (exact) mass is 345 g/mol. The highest BCUT2D eigenvalue weighted by molar-refractivity contribution is 6.03. The Kier molecular flexibility index (Phi) is 5.07. The molecule has 2 aromatic rings. The molecule has 0 N–H and O–H groups in total. The van der Waals surface area contributed by atoms with Crippen LogP contribution in [0.25, 0.3) is 11.1 Å². The van der Waals surface area contributed by atoms with Gasteiger partial charge in [-0.2, -0.15) is 18.4 Å². The van der Waals surface area contributed by atoms with E-state index in [-0.39, 0.29) is 28.7 Å². The fourth-order valence-corrected chi connectivity index (χ4v) is 2.81. The lowest BCUT2D eigenvalue weighted by Crippen LogP contribution is -2.14. The molecule has 2 rings (SSSR count). The highest BCUT2D eigenvalue weighted by atomic mass is 19.4. The minimum atomic E-state index is -4.70. The second-order valence-corrected chi connectivity index (χ2v) is 5.57. The zero-order chi connectivity index (χ0) is 18.8. The molecule has 0 unspecified atom stereocenters. The summed E-state index contributed by atoms with van der Waals surface area (Å²) < 4.78 is 40.9. The van der Waals surface area contributed by atoms with Crippen molar-refractivity contribution < 1.29 is 22.8 Å². The van der Waals surface area contributed by atoms with E-state index in [1.165, 1.54) is 38.1 Å². The highest BCUT2D eigenvalue weighted by Crippen LogP contribution is 2.41. The van der Waals surface area contributed by atoms with E-state index >= 15 is 0 Å². The predicted octanol–water partition coefficient (Wildman–Crippen LogP) is 4.50. The SMILES string of the molecule is CC(=O)c1c(C)c(CC=O)cc(C(F)(F)F)c1-c1ccc(C#N)cc1. The van der Waals surface area contributed by atoms with Crippen molar-refractivity contribution in [3.63, 3.8) is 0 Å². The molecular weight excluding hydrogens is 331 g/mol. The van der Waals surface area contributed by atoms with Crippen LogP contribution in [-0.2, 0) is 17.4 Å². The Hall–Kier alpha value is -2.94. The number of nitriles is 1. The van der Waals surface area contributed by atoms with Gasteiger partial charge in [0.15, 0.2) is 5.78 Å². The van der Waals surface area contributed by atoms with Gasteiger partial charge in [-0.3, -0.25) is 4.79 Å². The van der Waals surface area contributed by atoms with Crippen LogP contribution in [0.3, 0.4) is 0 Å². The van der Waals surface area contributed by atoms with Gasteiger partial charge in [0.25, 0.3) is 0 Å². The quantitative estimate of drug-likeness (QED) is 0.606. The Morgan fingerprint density at radius 2 is 1.84 bits per heavy atom. The molecule has 6 heteroatoms. The molecule has 0 aliphatic heterocycles. The van der Waals surface area contributed by atoms with Crippen molar-refractivity contribution in [2.75, 3.05) is 0 Å². The third-order valence-electron chi connectivity index (χ3n) is 3.96. The number of ketones is 1. The Balaban J connectivity index is 2.91. The smallest absolute Gasteiger partial charge is 0.303 e. The van der Waals surface area contributed by atoms with Crippen LogP contribution in [0.1, 0.15) is 39.5 Å². The molecule has 0 aliphatic rings. The molecule has 128 valence electrons. The number of nitrogens with zero attached hydrogens (tertiary/aromatic N) is 1. The average molecular weight is 345 g/mol. The molecule has 2 aromatic carbocycles. The van der Waals surface area contributed by atoms with Crippen LogP contribution in [-0.4, -0.2) is 12.1 Å². The van der Waals surface area contributed by atoms with Gasteiger partial charge in [0.1, 0.15) is 6.29 Å². The Labute approximate surface area is 142 Å². The van der Waals surface area contributed by atoms with Crippen LogP contribution >= 0.6 is 0 Å². The zero-order valence-corrected chi connectivity index (χ0v) is 13.6. The van der Waals surface area contributed by atoms with Gasteiger partial charge in [0, 0.05) is 17.5 Å². The first kappa shape index (κ1) is 18.4. The number of carbonyl (C=O) groups excluding carboxylic acids is 2. The molecule has 3 nitrogen and oxygen atoms in total. The fourth-order valence-electron chi connectivity index (χ4n) is 2.81. The number of benzene rings is 2. The number of aldehydes is 1. The van der Waals surface area contributed by atoms with E-state index in [4.69, 9.17) is 5.26 Å². The molecule has 0 aliphatic carbocycles. The van der Waals surface area contributed by atoms with Crippen molar-refractivity contribution in [3.05, 3.63) is 58.1 Å². The van der Waals surface area contributed by atoms with Gasteiger partial charge in [-0.15, -0.1) is 0 Å². The van der Waals surface area contributed by atoms with Crippen molar-refractivity contribution in [3.8, 4) is 17.2 Å². The van der Waals surface area contributed by atoms with Crippen molar-refractivity contribution in [1.82, 2.24) is 0 Å². The van der Waals surface area contributed by atoms with Crippen molar-refractivity contribution >= 4 is 12.1 Å². The first-order chi connectivity index (χ1) is 11.7. The lowest BCUT2D eigenvalue weighted by atomic mass is 9.85. The maximum atomic E-state index is 13.6. The third kappa shape index (κ3) is 3.61. The van der Waals surface area contributed by atoms with Crippen LogP contribution in [0.4, 0.5) is 13.2 Å². The summed E-state index contributed by atoms with van der Waals surface area (Å²) >= 11 is 0. The lowest BCUT2D eigenvalue weighted by Gasteiger charge is -2.20. The van der Waals surface area contributed by atoms with Crippen molar-refractivity contribution in [1.29, 1.82) is 5.26 Å². The summed E-state index contributed by atoms with van der Waals surface area (Å²) in [5.74, 6) is -0.518. The summed E-state index contributed by atoms with van der Waals surface area (Å²) in [5.41, 5.74) is -0.233. The second kappa shape index (κ2) is 6.89. The van der Waals surface area contributed by atoms with Gasteiger partial charge >= 0.3 is 6.18 Å². The van der Waals surface area contributed by atoms with Gasteiger partial charge in [-0.05, 0) is 48.7 Å². The summed E-state index contributed by atoms with van der Waals surface area (Å²) in [4.78, 5) is 22.9. The van der Waals surface area contributed by atoms with Gasteiger partial charge in [0.05, 0.1) is 17.2 Å². The largest absolute Gasteiger partial charge is 0.417 e. The van der Waals surface area contributed by atoms with Crippen LogP contribution in [0.15, 0.2) is 30.3 Å². The molecular formula is C19H14F3NO2. The topological polar surface area (TPSA) is 57.9 Å². The number of hydrogen-bond donors (Lipinski definition) is 0. The second-order valence-electron chi connectivity index (χ2n) is 5.57. The molecule has 0 bridgehead atoms. The van der Waals surface area contributed by atoms with E-state index in [1.807, 2.05) is 6.07 Å². The summed E-state index contributed by atoms with van der Waals surface area (Å²) in [6, 6.07) is 8.38. The predicted molar refractivity (Wildman–Crippen MR) is 86.1 cm³/mol. The first-order valence-electron chi connectivity index (χ1n) is 7.39. The van der Waals surface area contributed by atoms with Gasteiger partial charge < -0.3 is 4.79 Å². The number of halogens is 3. The number of carbonyl (C=O) groups is 2. The average Bonchev–Trinajstić information content (AvgIpc) is 2.55. The molecule has 0 amide bonds. The standard InChI is InChI=1S/C19H14F3NO2/c1-11-15(7-8-24)9-16(19(20,21)22)18(17(11)12(2)25)14-5-3-13(10-23)4-6-14/h3-6,8-9H,7H2,1-2H3. The molecule has 25 heavy (non-hydrogen) atoms. The molecule has 0 atom stereocenters. The van der Waals surface area contributed by atoms with E-state index in [2.05, 4.69) is 0 Å². The number of Topliss-reactive ketones (excluding diaryl/α,β-unsaturated/α-hetero) is 1. The van der Waals surface area contributed by atoms with E-state index in [1.54, 1.807) is 0 Å². The number of hydrogen-bond acceptors (Lipinski definition) is 3. The van der Waals surface area contributed by atoms with Crippen LogP contribution in [0, 0.1) is 18.3 Å². The Morgan fingerprint density at radius 1 is 1.24 bits per heavy atom. The van der Waals surface area contributed by atoms with Gasteiger partial charge in [-0.1, -0.05) is 12.1 Å². The summed E-state index contributed by atoms with van der Waals surface area (Å²) in [5, 5.41) is 8.85. The van der Waals surface area contributed by atoms with E-state index in [9.17, 15) is 22.8 Å². The normalized spacial score (nSPS) is 11.0. The minimum absolute atomic E-state index is 0.0589. The lowest BCUT2D eigenvalue weighted by molar-refractivity contribution is -0.137. The third-order valence-corrected chi connectivity index (χ3v) is 3.96. The van der Waals surface area contributed by atoms with E-state index in [0.29, 0.717) is 17.4 Å². The van der Waals surface area contributed by atoms with Crippen LogP contribution < -0.4 is 0 Å². The van der Waals surface area contributed by atoms with E-state index < -0.39 is 17.5 Å². The Morgan fingerprint density at radius 3 is 2.28 bits per heavy atom. The van der Waals surface area contributed by atoms with Crippen LogP contribution in [0.2, 0.25) is 0 Å². The van der Waals surface area contributed by atoms with E-state index in [0.717, 1.165) is 6.07 Å².